The zero-order valence-corrected chi connectivity index (χ0v) is 12.4. The summed E-state index contributed by atoms with van der Waals surface area (Å²) < 4.78 is 4.93. The van der Waals surface area contributed by atoms with Gasteiger partial charge in [0.2, 0.25) is 5.91 Å². The Morgan fingerprint density at radius 1 is 1.45 bits per heavy atom. The average Bonchev–Trinajstić information content (AvgIpc) is 2.49. The first kappa shape index (κ1) is 14.9. The monoisotopic (exact) mass is 295 g/mol. The Hall–Kier alpha value is -1.55. The molecule has 0 bridgehead atoms. The number of methoxy groups -OCH3 is 1. The molecule has 0 radical (unpaired) electrons. The Balaban J connectivity index is 2.55. The van der Waals surface area contributed by atoms with E-state index in [4.69, 9.17) is 16.3 Å². The summed E-state index contributed by atoms with van der Waals surface area (Å²) in [5.41, 5.74) is 0.757. The third-order valence-corrected chi connectivity index (χ3v) is 4.15. The highest BCUT2D eigenvalue weighted by molar-refractivity contribution is 6.27. The van der Waals surface area contributed by atoms with Crippen molar-refractivity contribution in [1.82, 2.24) is 5.32 Å². The SMILES string of the molecule is COC(=O)C1(NC(=O)CCl)CCC(C)c2ccccc21. The van der Waals surface area contributed by atoms with E-state index in [9.17, 15) is 9.59 Å². The van der Waals surface area contributed by atoms with E-state index in [0.29, 0.717) is 12.3 Å². The second-order valence-electron chi connectivity index (χ2n) is 5.11. The van der Waals surface area contributed by atoms with Gasteiger partial charge in [-0.25, -0.2) is 4.79 Å². The molecule has 1 amide bonds. The topological polar surface area (TPSA) is 55.4 Å². The van der Waals surface area contributed by atoms with Gasteiger partial charge in [0.05, 0.1) is 7.11 Å². The van der Waals surface area contributed by atoms with Crippen LogP contribution in [0.2, 0.25) is 0 Å². The van der Waals surface area contributed by atoms with Crippen molar-refractivity contribution < 1.29 is 14.3 Å². The zero-order chi connectivity index (χ0) is 14.8. The van der Waals surface area contributed by atoms with Gasteiger partial charge in [-0.3, -0.25) is 4.79 Å². The summed E-state index contributed by atoms with van der Waals surface area (Å²) >= 11 is 5.57. The molecule has 20 heavy (non-hydrogen) atoms. The van der Waals surface area contributed by atoms with Gasteiger partial charge < -0.3 is 10.1 Å². The predicted molar refractivity (Wildman–Crippen MR) is 76.6 cm³/mol. The number of hydrogen-bond acceptors (Lipinski definition) is 3. The minimum atomic E-state index is -1.12. The normalized spacial score (nSPS) is 24.6. The molecule has 2 unspecified atom stereocenters. The Bertz CT molecular complexity index is 532. The molecule has 1 aromatic rings. The van der Waals surface area contributed by atoms with E-state index in [2.05, 4.69) is 12.2 Å². The van der Waals surface area contributed by atoms with Crippen LogP contribution in [0.15, 0.2) is 24.3 Å². The number of alkyl halides is 1. The van der Waals surface area contributed by atoms with Crippen molar-refractivity contribution in [1.29, 1.82) is 0 Å². The molecule has 0 saturated carbocycles. The number of fused-ring (bicyclic) bond motifs is 1. The van der Waals surface area contributed by atoms with Gasteiger partial charge in [-0.05, 0) is 29.9 Å². The van der Waals surface area contributed by atoms with Crippen molar-refractivity contribution in [3.05, 3.63) is 35.4 Å². The Morgan fingerprint density at radius 2 is 2.15 bits per heavy atom. The summed E-state index contributed by atoms with van der Waals surface area (Å²) in [6.45, 7) is 2.11. The molecule has 5 heteroatoms. The molecule has 2 atom stereocenters. The molecule has 0 heterocycles. The van der Waals surface area contributed by atoms with E-state index in [1.165, 1.54) is 7.11 Å². The number of ether oxygens (including phenoxy) is 1. The van der Waals surface area contributed by atoms with Crippen LogP contribution in [0.25, 0.3) is 0 Å². The van der Waals surface area contributed by atoms with Gasteiger partial charge in [0, 0.05) is 0 Å². The summed E-state index contributed by atoms with van der Waals surface area (Å²) in [4.78, 5) is 24.1. The number of benzene rings is 1. The largest absolute Gasteiger partial charge is 0.467 e. The number of amides is 1. The van der Waals surface area contributed by atoms with Crippen molar-refractivity contribution in [2.45, 2.75) is 31.2 Å². The van der Waals surface area contributed by atoms with Crippen LogP contribution in [0.1, 0.15) is 36.8 Å². The Labute approximate surface area is 123 Å². The molecule has 108 valence electrons. The van der Waals surface area contributed by atoms with Crippen molar-refractivity contribution in [3.63, 3.8) is 0 Å². The first-order valence-electron chi connectivity index (χ1n) is 6.60. The lowest BCUT2D eigenvalue weighted by molar-refractivity contribution is -0.152. The molecule has 1 aromatic carbocycles. The van der Waals surface area contributed by atoms with Crippen LogP contribution in [-0.2, 0) is 19.9 Å². The fourth-order valence-corrected chi connectivity index (χ4v) is 2.94. The summed E-state index contributed by atoms with van der Waals surface area (Å²) in [6, 6.07) is 7.66. The van der Waals surface area contributed by atoms with E-state index in [0.717, 1.165) is 17.5 Å². The van der Waals surface area contributed by atoms with Crippen LogP contribution in [-0.4, -0.2) is 24.9 Å². The van der Waals surface area contributed by atoms with Crippen LogP contribution in [0.3, 0.4) is 0 Å². The third kappa shape index (κ3) is 2.40. The van der Waals surface area contributed by atoms with Gasteiger partial charge >= 0.3 is 5.97 Å². The average molecular weight is 296 g/mol. The zero-order valence-electron chi connectivity index (χ0n) is 11.6. The predicted octanol–water partition coefficient (Wildman–Crippen LogP) is 2.31. The van der Waals surface area contributed by atoms with Crippen LogP contribution < -0.4 is 5.32 Å². The van der Waals surface area contributed by atoms with E-state index < -0.39 is 11.5 Å². The number of carbonyl (C=O) groups is 2. The van der Waals surface area contributed by atoms with Crippen molar-refractivity contribution >= 4 is 23.5 Å². The molecule has 1 aliphatic rings. The highest BCUT2D eigenvalue weighted by Gasteiger charge is 2.47. The standard InChI is InChI=1S/C15H18ClNO3/c1-10-7-8-15(14(19)20-2,17-13(18)9-16)12-6-4-3-5-11(10)12/h3-6,10H,7-9H2,1-2H3,(H,17,18). The molecular weight excluding hydrogens is 278 g/mol. The van der Waals surface area contributed by atoms with Crippen LogP contribution in [0.4, 0.5) is 0 Å². The summed E-state index contributed by atoms with van der Waals surface area (Å²) in [7, 11) is 1.33. The molecule has 4 nitrogen and oxygen atoms in total. The lowest BCUT2D eigenvalue weighted by Crippen LogP contribution is -2.54. The number of nitrogens with one attached hydrogen (secondary N) is 1. The second-order valence-corrected chi connectivity index (χ2v) is 5.37. The number of carbonyl (C=O) groups excluding carboxylic acids is 2. The molecule has 1 aliphatic carbocycles. The van der Waals surface area contributed by atoms with Crippen molar-refractivity contribution in [3.8, 4) is 0 Å². The minimum Gasteiger partial charge on any atom is -0.467 e. The van der Waals surface area contributed by atoms with E-state index >= 15 is 0 Å². The van der Waals surface area contributed by atoms with Crippen molar-refractivity contribution in [2.75, 3.05) is 13.0 Å². The Kier molecular flexibility index (Phi) is 4.33. The smallest absolute Gasteiger partial charge is 0.336 e. The van der Waals surface area contributed by atoms with Gasteiger partial charge in [0.1, 0.15) is 5.88 Å². The highest BCUT2D eigenvalue weighted by Crippen LogP contribution is 2.41. The van der Waals surface area contributed by atoms with Crippen LogP contribution in [0, 0.1) is 0 Å². The molecule has 2 rings (SSSR count). The number of halogens is 1. The lowest BCUT2D eigenvalue weighted by Gasteiger charge is -2.39. The van der Waals surface area contributed by atoms with E-state index in [-0.39, 0.29) is 11.8 Å². The third-order valence-electron chi connectivity index (χ3n) is 3.91. The molecule has 0 aromatic heterocycles. The maximum absolute atomic E-state index is 12.3. The summed E-state index contributed by atoms with van der Waals surface area (Å²) in [5, 5.41) is 2.76. The van der Waals surface area contributed by atoms with Gasteiger partial charge in [0.15, 0.2) is 5.54 Å². The van der Waals surface area contributed by atoms with Gasteiger partial charge in [-0.2, -0.15) is 0 Å². The number of esters is 1. The minimum absolute atomic E-state index is 0.184. The van der Waals surface area contributed by atoms with E-state index in [1.807, 2.05) is 24.3 Å². The van der Waals surface area contributed by atoms with Crippen LogP contribution >= 0.6 is 11.6 Å². The number of rotatable bonds is 3. The number of hydrogen-bond donors (Lipinski definition) is 1. The maximum atomic E-state index is 12.3. The Morgan fingerprint density at radius 3 is 2.80 bits per heavy atom. The van der Waals surface area contributed by atoms with Gasteiger partial charge in [-0.1, -0.05) is 31.2 Å². The molecular formula is C15H18ClNO3. The molecule has 1 N–H and O–H groups in total. The highest BCUT2D eigenvalue weighted by atomic mass is 35.5. The van der Waals surface area contributed by atoms with Gasteiger partial charge in [-0.15, -0.1) is 11.6 Å². The van der Waals surface area contributed by atoms with E-state index in [1.54, 1.807) is 0 Å². The molecule has 0 aliphatic heterocycles. The van der Waals surface area contributed by atoms with Crippen molar-refractivity contribution in [2.24, 2.45) is 0 Å². The lowest BCUT2D eigenvalue weighted by atomic mass is 9.72. The van der Waals surface area contributed by atoms with Gasteiger partial charge in [0.25, 0.3) is 0 Å². The fourth-order valence-electron chi connectivity index (χ4n) is 2.88. The molecule has 0 fully saturated rings. The van der Waals surface area contributed by atoms with Crippen LogP contribution in [0.5, 0.6) is 0 Å². The summed E-state index contributed by atoms with van der Waals surface area (Å²) in [6.07, 6.45) is 1.31. The molecule has 0 saturated heterocycles. The maximum Gasteiger partial charge on any atom is 0.336 e. The first-order chi connectivity index (χ1) is 9.55. The first-order valence-corrected chi connectivity index (χ1v) is 7.13. The quantitative estimate of drug-likeness (QED) is 0.688. The fraction of sp³-hybridized carbons (Fsp3) is 0.467. The second kappa shape index (κ2) is 5.83. The molecule has 0 spiro atoms. The summed E-state index contributed by atoms with van der Waals surface area (Å²) in [5.74, 6) is -0.662.